The number of carbonyl (C=O) groups is 1. The molecule has 1 aliphatic heterocycles. The van der Waals surface area contributed by atoms with Crippen LogP contribution < -0.4 is 15.1 Å². The van der Waals surface area contributed by atoms with E-state index in [2.05, 4.69) is 30.2 Å². The molecule has 1 fully saturated rings. The van der Waals surface area contributed by atoms with E-state index < -0.39 is 0 Å². The maximum absolute atomic E-state index is 13.1. The molecule has 3 aromatic rings. The van der Waals surface area contributed by atoms with Crippen LogP contribution in [0.25, 0.3) is 0 Å². The van der Waals surface area contributed by atoms with Crippen LogP contribution in [0.15, 0.2) is 47.2 Å². The van der Waals surface area contributed by atoms with Crippen molar-refractivity contribution >= 4 is 23.2 Å². The van der Waals surface area contributed by atoms with Gasteiger partial charge in [0.1, 0.15) is 29.4 Å². The van der Waals surface area contributed by atoms with Crippen molar-refractivity contribution in [2.45, 2.75) is 6.92 Å². The van der Waals surface area contributed by atoms with Crippen LogP contribution >= 0.6 is 0 Å². The lowest BCUT2D eigenvalue weighted by atomic mass is 10.2. The SMILES string of the molecule is Cc1cc(NC(=O)c2cc(N3CCN(c4ccc(F)cc4)CC3)ncn2)no1. The summed E-state index contributed by atoms with van der Waals surface area (Å²) in [5.41, 5.74) is 1.25. The van der Waals surface area contributed by atoms with Crippen molar-refractivity contribution in [2.75, 3.05) is 41.3 Å². The molecule has 0 atom stereocenters. The Bertz CT molecular complexity index is 967. The van der Waals surface area contributed by atoms with Gasteiger partial charge in [-0.1, -0.05) is 5.16 Å². The largest absolute Gasteiger partial charge is 0.368 e. The Hall–Kier alpha value is -3.49. The number of hydrogen-bond acceptors (Lipinski definition) is 7. The molecule has 1 aromatic carbocycles. The third kappa shape index (κ3) is 3.93. The maximum Gasteiger partial charge on any atom is 0.275 e. The van der Waals surface area contributed by atoms with Gasteiger partial charge < -0.3 is 19.6 Å². The van der Waals surface area contributed by atoms with Crippen molar-refractivity contribution < 1.29 is 13.7 Å². The van der Waals surface area contributed by atoms with E-state index in [1.54, 1.807) is 31.2 Å². The molecule has 28 heavy (non-hydrogen) atoms. The zero-order valence-corrected chi connectivity index (χ0v) is 15.3. The highest BCUT2D eigenvalue weighted by Crippen LogP contribution is 2.20. The maximum atomic E-state index is 13.1. The van der Waals surface area contributed by atoms with E-state index in [4.69, 9.17) is 4.52 Å². The predicted molar refractivity (Wildman–Crippen MR) is 102 cm³/mol. The van der Waals surface area contributed by atoms with Gasteiger partial charge in [-0.25, -0.2) is 14.4 Å². The highest BCUT2D eigenvalue weighted by molar-refractivity contribution is 6.02. The van der Waals surface area contributed by atoms with Crippen molar-refractivity contribution in [2.24, 2.45) is 0 Å². The van der Waals surface area contributed by atoms with Gasteiger partial charge in [-0.2, -0.15) is 0 Å². The van der Waals surface area contributed by atoms with Crippen LogP contribution in [0.5, 0.6) is 0 Å². The highest BCUT2D eigenvalue weighted by Gasteiger charge is 2.20. The van der Waals surface area contributed by atoms with Crippen LogP contribution in [-0.4, -0.2) is 47.2 Å². The first-order chi connectivity index (χ1) is 13.6. The normalized spacial score (nSPS) is 14.2. The van der Waals surface area contributed by atoms with E-state index in [1.807, 2.05) is 0 Å². The summed E-state index contributed by atoms with van der Waals surface area (Å²) in [6.07, 6.45) is 1.38. The van der Waals surface area contributed by atoms with Gasteiger partial charge in [-0.15, -0.1) is 0 Å². The van der Waals surface area contributed by atoms with E-state index >= 15 is 0 Å². The van der Waals surface area contributed by atoms with E-state index in [0.717, 1.165) is 31.9 Å². The molecule has 0 spiro atoms. The molecule has 0 unspecified atom stereocenters. The molecule has 4 rings (SSSR count). The van der Waals surface area contributed by atoms with Gasteiger partial charge in [0, 0.05) is 44.0 Å². The second kappa shape index (κ2) is 7.63. The van der Waals surface area contributed by atoms with Crippen molar-refractivity contribution in [1.82, 2.24) is 15.1 Å². The van der Waals surface area contributed by atoms with Crippen LogP contribution in [0.2, 0.25) is 0 Å². The van der Waals surface area contributed by atoms with Gasteiger partial charge in [0.15, 0.2) is 5.82 Å². The summed E-state index contributed by atoms with van der Waals surface area (Å²) in [5.74, 6) is 1.03. The Kier molecular flexibility index (Phi) is 4.88. The first kappa shape index (κ1) is 17.9. The molecule has 9 heteroatoms. The molecule has 144 valence electrons. The minimum atomic E-state index is -0.373. The number of carbonyl (C=O) groups excluding carboxylic acids is 1. The van der Waals surface area contributed by atoms with Crippen molar-refractivity contribution in [3.63, 3.8) is 0 Å². The Morgan fingerprint density at radius 2 is 1.79 bits per heavy atom. The number of halogens is 1. The number of piperazine rings is 1. The smallest absolute Gasteiger partial charge is 0.275 e. The third-order valence-corrected chi connectivity index (χ3v) is 4.55. The standard InChI is InChI=1S/C19H19FN6O2/c1-13-10-17(24-28-13)23-19(27)16-11-18(22-12-21-16)26-8-6-25(7-9-26)15-4-2-14(20)3-5-15/h2-5,10-12H,6-9H2,1H3,(H,23,24,27). The van der Waals surface area contributed by atoms with Crippen molar-refractivity contribution in [3.8, 4) is 0 Å². The van der Waals surface area contributed by atoms with E-state index in [0.29, 0.717) is 17.4 Å². The summed E-state index contributed by atoms with van der Waals surface area (Å²) in [6, 6.07) is 9.79. The average Bonchev–Trinajstić information content (AvgIpc) is 3.13. The Morgan fingerprint density at radius 3 is 2.46 bits per heavy atom. The second-order valence-electron chi connectivity index (χ2n) is 6.49. The molecule has 1 aliphatic rings. The fourth-order valence-electron chi connectivity index (χ4n) is 3.10. The molecular weight excluding hydrogens is 363 g/mol. The van der Waals surface area contributed by atoms with Crippen LogP contribution in [0.3, 0.4) is 0 Å². The molecule has 1 saturated heterocycles. The molecular formula is C19H19FN6O2. The van der Waals surface area contributed by atoms with Crippen LogP contribution in [-0.2, 0) is 0 Å². The first-order valence-corrected chi connectivity index (χ1v) is 8.91. The fourth-order valence-corrected chi connectivity index (χ4v) is 3.10. The zero-order chi connectivity index (χ0) is 19.5. The molecule has 3 heterocycles. The summed E-state index contributed by atoms with van der Waals surface area (Å²) in [6.45, 7) is 4.76. The molecule has 8 nitrogen and oxygen atoms in total. The summed E-state index contributed by atoms with van der Waals surface area (Å²) in [4.78, 5) is 25.0. The molecule has 0 aliphatic carbocycles. The first-order valence-electron chi connectivity index (χ1n) is 8.91. The predicted octanol–water partition coefficient (Wildman–Crippen LogP) is 2.49. The number of aryl methyl sites for hydroxylation is 1. The van der Waals surface area contributed by atoms with Gasteiger partial charge in [-0.3, -0.25) is 4.79 Å². The minimum Gasteiger partial charge on any atom is -0.368 e. The topological polar surface area (TPSA) is 87.4 Å². The number of amides is 1. The number of rotatable bonds is 4. The van der Waals surface area contributed by atoms with Crippen LogP contribution in [0.1, 0.15) is 16.2 Å². The van der Waals surface area contributed by atoms with Gasteiger partial charge in [0.05, 0.1) is 0 Å². The van der Waals surface area contributed by atoms with Crippen LogP contribution in [0, 0.1) is 12.7 Å². The van der Waals surface area contributed by atoms with Gasteiger partial charge in [0.25, 0.3) is 5.91 Å². The second-order valence-corrected chi connectivity index (χ2v) is 6.49. The third-order valence-electron chi connectivity index (χ3n) is 4.55. The van der Waals surface area contributed by atoms with E-state index in [-0.39, 0.29) is 17.4 Å². The lowest BCUT2D eigenvalue weighted by molar-refractivity contribution is 0.102. The molecule has 1 N–H and O–H groups in total. The fraction of sp³-hybridized carbons (Fsp3) is 0.263. The minimum absolute atomic E-state index is 0.241. The Labute approximate surface area is 161 Å². The Balaban J connectivity index is 1.40. The number of hydrogen-bond donors (Lipinski definition) is 1. The van der Waals surface area contributed by atoms with Crippen LogP contribution in [0.4, 0.5) is 21.7 Å². The lowest BCUT2D eigenvalue weighted by Crippen LogP contribution is -2.46. The van der Waals surface area contributed by atoms with E-state index in [1.165, 1.54) is 18.5 Å². The molecule has 2 aromatic heterocycles. The van der Waals surface area contributed by atoms with Crippen molar-refractivity contribution in [3.05, 3.63) is 60.0 Å². The number of nitrogens with zero attached hydrogens (tertiary/aromatic N) is 5. The summed E-state index contributed by atoms with van der Waals surface area (Å²) < 4.78 is 18.0. The van der Waals surface area contributed by atoms with Crippen molar-refractivity contribution in [1.29, 1.82) is 0 Å². The Morgan fingerprint density at radius 1 is 1.07 bits per heavy atom. The summed E-state index contributed by atoms with van der Waals surface area (Å²) in [5, 5.41) is 6.40. The highest BCUT2D eigenvalue weighted by atomic mass is 19.1. The number of aromatic nitrogens is 3. The summed E-state index contributed by atoms with van der Waals surface area (Å²) in [7, 11) is 0. The lowest BCUT2D eigenvalue weighted by Gasteiger charge is -2.36. The van der Waals surface area contributed by atoms with E-state index in [9.17, 15) is 9.18 Å². The molecule has 0 bridgehead atoms. The molecule has 0 radical (unpaired) electrons. The molecule has 0 saturated carbocycles. The number of benzene rings is 1. The quantitative estimate of drug-likeness (QED) is 0.742. The van der Waals surface area contributed by atoms with Gasteiger partial charge >= 0.3 is 0 Å². The monoisotopic (exact) mass is 382 g/mol. The van der Waals surface area contributed by atoms with Gasteiger partial charge in [-0.05, 0) is 31.2 Å². The number of nitrogens with one attached hydrogen (secondary N) is 1. The number of anilines is 3. The average molecular weight is 382 g/mol. The summed E-state index contributed by atoms with van der Waals surface area (Å²) >= 11 is 0. The van der Waals surface area contributed by atoms with Gasteiger partial charge in [0.2, 0.25) is 0 Å². The molecule has 1 amide bonds. The zero-order valence-electron chi connectivity index (χ0n) is 15.3.